The molecule has 2 aromatic rings. The molecule has 0 spiro atoms. The van der Waals surface area contributed by atoms with E-state index in [0.29, 0.717) is 23.6 Å². The quantitative estimate of drug-likeness (QED) is 0.813. The van der Waals surface area contributed by atoms with Crippen molar-refractivity contribution in [1.29, 1.82) is 0 Å². The summed E-state index contributed by atoms with van der Waals surface area (Å²) in [6, 6.07) is 14.0. The van der Waals surface area contributed by atoms with Gasteiger partial charge in [-0.25, -0.2) is 0 Å². The highest BCUT2D eigenvalue weighted by molar-refractivity contribution is 9.10. The van der Waals surface area contributed by atoms with Gasteiger partial charge in [0.15, 0.2) is 0 Å². The fraction of sp³-hybridized carbons (Fsp3) is 0.176. The first-order chi connectivity index (χ1) is 11.1. The van der Waals surface area contributed by atoms with Crippen LogP contribution < -0.4 is 15.4 Å². The number of nitrogens with one attached hydrogen (secondary N) is 2. The summed E-state index contributed by atoms with van der Waals surface area (Å²) < 4.78 is 6.18. The number of halogens is 1. The number of carbonyl (C=O) groups excluding carboxylic acids is 2. The van der Waals surface area contributed by atoms with E-state index in [0.717, 1.165) is 4.47 Å². The molecule has 0 atom stereocenters. The fourth-order valence-corrected chi connectivity index (χ4v) is 2.30. The zero-order chi connectivity index (χ0) is 16.7. The SMILES string of the molecule is CCOc1ccc(C(=O)NCC(=O)Nc2cccc(Br)c2)cc1. The van der Waals surface area contributed by atoms with Crippen LogP contribution in [0.15, 0.2) is 53.0 Å². The lowest BCUT2D eigenvalue weighted by Gasteiger charge is -2.08. The Morgan fingerprint density at radius 2 is 1.87 bits per heavy atom. The fourth-order valence-electron chi connectivity index (χ4n) is 1.90. The van der Waals surface area contributed by atoms with Crippen LogP contribution in [-0.4, -0.2) is 25.0 Å². The van der Waals surface area contributed by atoms with Crippen LogP contribution >= 0.6 is 15.9 Å². The molecule has 2 amide bonds. The third-order valence-corrected chi connectivity index (χ3v) is 3.44. The van der Waals surface area contributed by atoms with Gasteiger partial charge in [0, 0.05) is 15.7 Å². The van der Waals surface area contributed by atoms with E-state index in [1.54, 1.807) is 36.4 Å². The Morgan fingerprint density at radius 1 is 1.13 bits per heavy atom. The van der Waals surface area contributed by atoms with Crippen molar-refractivity contribution in [1.82, 2.24) is 5.32 Å². The number of hydrogen-bond acceptors (Lipinski definition) is 3. The van der Waals surface area contributed by atoms with Crippen molar-refractivity contribution < 1.29 is 14.3 Å². The number of rotatable bonds is 6. The Bertz CT molecular complexity index is 686. The van der Waals surface area contributed by atoms with Crippen molar-refractivity contribution in [2.75, 3.05) is 18.5 Å². The molecule has 0 bridgehead atoms. The topological polar surface area (TPSA) is 67.4 Å². The van der Waals surface area contributed by atoms with Gasteiger partial charge in [0.2, 0.25) is 5.91 Å². The number of carbonyl (C=O) groups is 2. The average Bonchev–Trinajstić information content (AvgIpc) is 2.54. The lowest BCUT2D eigenvalue weighted by atomic mass is 10.2. The molecule has 5 nitrogen and oxygen atoms in total. The van der Waals surface area contributed by atoms with Crippen LogP contribution in [0.25, 0.3) is 0 Å². The standard InChI is InChI=1S/C17H17BrN2O3/c1-2-23-15-8-6-12(7-9-15)17(22)19-11-16(21)20-14-5-3-4-13(18)10-14/h3-10H,2,11H2,1H3,(H,19,22)(H,20,21). The molecule has 0 aliphatic heterocycles. The summed E-state index contributed by atoms with van der Waals surface area (Å²) in [4.78, 5) is 23.8. The zero-order valence-electron chi connectivity index (χ0n) is 12.6. The van der Waals surface area contributed by atoms with Crippen molar-refractivity contribution in [2.24, 2.45) is 0 Å². The molecule has 120 valence electrons. The molecule has 0 radical (unpaired) electrons. The zero-order valence-corrected chi connectivity index (χ0v) is 14.2. The lowest BCUT2D eigenvalue weighted by Crippen LogP contribution is -2.32. The Labute approximate surface area is 143 Å². The molecule has 6 heteroatoms. The summed E-state index contributed by atoms with van der Waals surface area (Å²) in [5.41, 5.74) is 1.14. The molecular formula is C17H17BrN2O3. The van der Waals surface area contributed by atoms with Gasteiger partial charge < -0.3 is 15.4 Å². The average molecular weight is 377 g/mol. The van der Waals surface area contributed by atoms with Crippen LogP contribution in [0.1, 0.15) is 17.3 Å². The van der Waals surface area contributed by atoms with Crippen molar-refractivity contribution in [3.63, 3.8) is 0 Å². The second kappa shape index (κ2) is 8.33. The predicted octanol–water partition coefficient (Wildman–Crippen LogP) is 3.22. The maximum atomic E-state index is 12.0. The second-order valence-electron chi connectivity index (χ2n) is 4.70. The van der Waals surface area contributed by atoms with E-state index < -0.39 is 0 Å². The summed E-state index contributed by atoms with van der Waals surface area (Å²) in [6.07, 6.45) is 0. The smallest absolute Gasteiger partial charge is 0.251 e. The van der Waals surface area contributed by atoms with E-state index in [9.17, 15) is 9.59 Å². The molecule has 0 aromatic heterocycles. The Balaban J connectivity index is 1.84. The van der Waals surface area contributed by atoms with Gasteiger partial charge in [0.25, 0.3) is 5.91 Å². The summed E-state index contributed by atoms with van der Waals surface area (Å²) in [5, 5.41) is 5.29. The van der Waals surface area contributed by atoms with E-state index >= 15 is 0 Å². The van der Waals surface area contributed by atoms with Gasteiger partial charge >= 0.3 is 0 Å². The number of hydrogen-bond donors (Lipinski definition) is 2. The number of amides is 2. The monoisotopic (exact) mass is 376 g/mol. The second-order valence-corrected chi connectivity index (χ2v) is 5.61. The minimum absolute atomic E-state index is 0.0987. The number of ether oxygens (including phenoxy) is 1. The van der Waals surface area contributed by atoms with Crippen molar-refractivity contribution in [2.45, 2.75) is 6.92 Å². The molecule has 0 saturated heterocycles. The molecular weight excluding hydrogens is 360 g/mol. The van der Waals surface area contributed by atoms with E-state index in [1.807, 2.05) is 19.1 Å². The van der Waals surface area contributed by atoms with Crippen molar-refractivity contribution in [3.05, 3.63) is 58.6 Å². The van der Waals surface area contributed by atoms with E-state index in [-0.39, 0.29) is 18.4 Å². The van der Waals surface area contributed by atoms with Crippen LogP contribution in [0, 0.1) is 0 Å². The Kier molecular flexibility index (Phi) is 6.17. The van der Waals surface area contributed by atoms with Gasteiger partial charge in [-0.2, -0.15) is 0 Å². The molecule has 0 aliphatic carbocycles. The molecule has 2 rings (SSSR count). The molecule has 2 aromatic carbocycles. The van der Waals surface area contributed by atoms with Crippen LogP contribution in [0.4, 0.5) is 5.69 Å². The third kappa shape index (κ3) is 5.41. The maximum Gasteiger partial charge on any atom is 0.251 e. The van der Waals surface area contributed by atoms with Gasteiger partial charge in [-0.05, 0) is 49.4 Å². The number of benzene rings is 2. The van der Waals surface area contributed by atoms with Crippen LogP contribution in [-0.2, 0) is 4.79 Å². The van der Waals surface area contributed by atoms with Crippen molar-refractivity contribution in [3.8, 4) is 5.75 Å². The predicted molar refractivity (Wildman–Crippen MR) is 92.7 cm³/mol. The van der Waals surface area contributed by atoms with Gasteiger partial charge in [-0.1, -0.05) is 22.0 Å². The Morgan fingerprint density at radius 3 is 2.52 bits per heavy atom. The number of anilines is 1. The highest BCUT2D eigenvalue weighted by Crippen LogP contribution is 2.15. The highest BCUT2D eigenvalue weighted by atomic mass is 79.9. The van der Waals surface area contributed by atoms with Crippen LogP contribution in [0.5, 0.6) is 5.75 Å². The van der Waals surface area contributed by atoms with E-state index in [1.165, 1.54) is 0 Å². The van der Waals surface area contributed by atoms with E-state index in [4.69, 9.17) is 4.74 Å². The minimum Gasteiger partial charge on any atom is -0.494 e. The highest BCUT2D eigenvalue weighted by Gasteiger charge is 2.08. The summed E-state index contributed by atoms with van der Waals surface area (Å²) >= 11 is 3.33. The van der Waals surface area contributed by atoms with Crippen LogP contribution in [0.3, 0.4) is 0 Å². The first kappa shape index (κ1) is 17.0. The molecule has 2 N–H and O–H groups in total. The van der Waals surface area contributed by atoms with E-state index in [2.05, 4.69) is 26.6 Å². The van der Waals surface area contributed by atoms with Gasteiger partial charge in [-0.15, -0.1) is 0 Å². The first-order valence-corrected chi connectivity index (χ1v) is 7.94. The Hall–Kier alpha value is -2.34. The largest absolute Gasteiger partial charge is 0.494 e. The molecule has 23 heavy (non-hydrogen) atoms. The third-order valence-electron chi connectivity index (χ3n) is 2.95. The van der Waals surface area contributed by atoms with Crippen LogP contribution in [0.2, 0.25) is 0 Å². The summed E-state index contributed by atoms with van der Waals surface area (Å²) in [6.45, 7) is 2.37. The lowest BCUT2D eigenvalue weighted by molar-refractivity contribution is -0.115. The molecule has 0 saturated carbocycles. The maximum absolute atomic E-state index is 12.0. The minimum atomic E-state index is -0.308. The van der Waals surface area contributed by atoms with Gasteiger partial charge in [-0.3, -0.25) is 9.59 Å². The summed E-state index contributed by atoms with van der Waals surface area (Å²) in [7, 11) is 0. The van der Waals surface area contributed by atoms with Gasteiger partial charge in [0.1, 0.15) is 5.75 Å². The van der Waals surface area contributed by atoms with Crippen molar-refractivity contribution >= 4 is 33.4 Å². The first-order valence-electron chi connectivity index (χ1n) is 7.15. The van der Waals surface area contributed by atoms with Gasteiger partial charge in [0.05, 0.1) is 13.2 Å². The summed E-state index contributed by atoms with van der Waals surface area (Å²) in [5.74, 6) is 0.108. The molecule has 0 aliphatic rings. The normalized spacial score (nSPS) is 10.0. The molecule has 0 heterocycles. The molecule has 0 unspecified atom stereocenters. The molecule has 0 fully saturated rings.